The minimum Gasteiger partial charge on any atom is -0.231 e. The predicted molar refractivity (Wildman–Crippen MR) is 42.9 cm³/mol. The van der Waals surface area contributed by atoms with Crippen molar-refractivity contribution >= 4 is 18.1 Å². The molecule has 0 radical (unpaired) electrons. The van der Waals surface area contributed by atoms with Gasteiger partial charge in [0.15, 0.2) is 0 Å². The molecular weight excluding hydrogens is 179 g/mol. The molecule has 2 nitrogen and oxygen atoms in total. The molecule has 0 rings (SSSR count). The molecule has 64 valence electrons. The van der Waals surface area contributed by atoms with E-state index in [4.69, 9.17) is 0 Å². The fourth-order valence-corrected chi connectivity index (χ4v) is 2.57. The minimum absolute atomic E-state index is 0.681. The molecule has 0 saturated heterocycles. The highest BCUT2D eigenvalue weighted by Crippen LogP contribution is 2.63. The lowest BCUT2D eigenvalue weighted by Gasteiger charge is -2.34. The van der Waals surface area contributed by atoms with Gasteiger partial charge in [-0.2, -0.15) is 14.3 Å². The molecule has 0 amide bonds. The zero-order valence-corrected chi connectivity index (χ0v) is 8.18. The molecule has 0 aromatic heterocycles. The summed E-state index contributed by atoms with van der Waals surface area (Å²) in [7, 11) is -5.36. The topological polar surface area (TPSA) is 20.3 Å². The van der Waals surface area contributed by atoms with Crippen molar-refractivity contribution in [3.05, 3.63) is 0 Å². The minimum atomic E-state index is -5.01. The van der Waals surface area contributed by atoms with E-state index >= 15 is 0 Å². The molecule has 10 heavy (non-hydrogen) atoms. The van der Waals surface area contributed by atoms with Crippen molar-refractivity contribution in [3.8, 4) is 0 Å². The van der Waals surface area contributed by atoms with Crippen LogP contribution in [-0.4, -0.2) is 29.9 Å². The highest BCUT2D eigenvalue weighted by molar-refractivity contribution is 8.32. The third kappa shape index (κ3) is 2.99. The third-order valence-electron chi connectivity index (χ3n) is 1.12. The van der Waals surface area contributed by atoms with E-state index in [0.717, 1.165) is 0 Å². The summed E-state index contributed by atoms with van der Waals surface area (Å²) in [5.41, 5.74) is 0. The van der Waals surface area contributed by atoms with Crippen LogP contribution in [0.1, 0.15) is 0 Å². The second kappa shape index (κ2) is 2.80. The van der Waals surface area contributed by atoms with Gasteiger partial charge in [0.25, 0.3) is 0 Å². The monoisotopic (exact) mass is 191 g/mol. The van der Waals surface area contributed by atoms with Gasteiger partial charge in [-0.05, 0) is 18.8 Å². The number of hydrogen-bond acceptors (Lipinski definition) is 1. The number of rotatable bonds is 2. The fraction of sp³-hybridized carbons (Fsp3) is 1.00. The van der Waals surface area contributed by atoms with E-state index in [1.165, 1.54) is 7.05 Å². The molecule has 0 aromatic rings. The van der Waals surface area contributed by atoms with Gasteiger partial charge in [0, 0.05) is 7.05 Å². The Balaban J connectivity index is 4.39. The van der Waals surface area contributed by atoms with Gasteiger partial charge in [-0.25, -0.2) is 4.57 Å². The van der Waals surface area contributed by atoms with Crippen LogP contribution in [0.3, 0.4) is 0 Å². The van der Waals surface area contributed by atoms with Crippen molar-refractivity contribution in [2.45, 2.75) is 0 Å². The van der Waals surface area contributed by atoms with E-state index in [-0.39, 0.29) is 0 Å². The molecule has 0 spiro atoms. The van der Waals surface area contributed by atoms with Crippen molar-refractivity contribution in [3.63, 3.8) is 0 Å². The Labute approximate surface area is 61.7 Å². The number of nitrogens with zero attached hydrogens (tertiary/aromatic N) is 1. The molecule has 0 heterocycles. The van der Waals surface area contributed by atoms with Crippen LogP contribution in [0.25, 0.3) is 0 Å². The second-order valence-corrected chi connectivity index (χ2v) is 8.50. The molecule has 0 atom stereocenters. The first-order valence-corrected chi connectivity index (χ1v) is 6.83. The standard InChI is InChI=1S/C4H12F2NOPS/c1-7(9(5,6)8)10(2,3)4/h1-4H3. The van der Waals surface area contributed by atoms with Crippen molar-refractivity contribution in [2.75, 3.05) is 25.8 Å². The van der Waals surface area contributed by atoms with E-state index in [1.54, 1.807) is 18.8 Å². The van der Waals surface area contributed by atoms with Crippen LogP contribution < -0.4 is 0 Å². The largest absolute Gasteiger partial charge is 0.491 e. The fourth-order valence-electron chi connectivity index (χ4n) is 0.285. The van der Waals surface area contributed by atoms with Crippen LogP contribution in [0.4, 0.5) is 8.39 Å². The van der Waals surface area contributed by atoms with Gasteiger partial charge in [0.1, 0.15) is 0 Å². The maximum absolute atomic E-state index is 12.1. The Morgan fingerprint density at radius 3 is 1.60 bits per heavy atom. The van der Waals surface area contributed by atoms with E-state index in [2.05, 4.69) is 0 Å². The highest BCUT2D eigenvalue weighted by Gasteiger charge is 2.32. The summed E-state index contributed by atoms with van der Waals surface area (Å²) in [6.45, 7) is 0. The van der Waals surface area contributed by atoms with Gasteiger partial charge in [0.2, 0.25) is 0 Å². The van der Waals surface area contributed by atoms with Crippen LogP contribution in [0.5, 0.6) is 0 Å². The molecular formula is C4H12F2NOPS. The summed E-state index contributed by atoms with van der Waals surface area (Å²) < 4.78 is 35.1. The maximum Gasteiger partial charge on any atom is 0.491 e. The molecule has 0 aromatic carbocycles. The maximum atomic E-state index is 12.1. The van der Waals surface area contributed by atoms with E-state index in [0.29, 0.717) is 4.08 Å². The van der Waals surface area contributed by atoms with Gasteiger partial charge in [-0.1, -0.05) is 0 Å². The van der Waals surface area contributed by atoms with Crippen LogP contribution in [0, 0.1) is 0 Å². The Bertz CT molecular complexity index is 163. The smallest absolute Gasteiger partial charge is 0.231 e. The average Bonchev–Trinajstić information content (AvgIpc) is 1.59. The van der Waals surface area contributed by atoms with Gasteiger partial charge < -0.3 is 0 Å². The van der Waals surface area contributed by atoms with Gasteiger partial charge >= 0.3 is 7.91 Å². The lowest BCUT2D eigenvalue weighted by atomic mass is 11.6. The van der Waals surface area contributed by atoms with Crippen molar-refractivity contribution in [1.82, 2.24) is 4.08 Å². The quantitative estimate of drug-likeness (QED) is 0.625. The van der Waals surface area contributed by atoms with E-state index in [1.807, 2.05) is 0 Å². The summed E-state index contributed by atoms with van der Waals surface area (Å²) in [5, 5.41) is 0. The van der Waals surface area contributed by atoms with Gasteiger partial charge in [-0.15, -0.1) is 8.39 Å². The molecule has 0 aliphatic carbocycles. The van der Waals surface area contributed by atoms with Crippen molar-refractivity contribution < 1.29 is 13.0 Å². The van der Waals surface area contributed by atoms with Crippen molar-refractivity contribution in [2.24, 2.45) is 0 Å². The summed E-state index contributed by atoms with van der Waals surface area (Å²) in [6, 6.07) is 0. The molecule has 0 unspecified atom stereocenters. The highest BCUT2D eigenvalue weighted by atomic mass is 32.3. The summed E-state index contributed by atoms with van der Waals surface area (Å²) in [5.74, 6) is 0. The zero-order chi connectivity index (χ0) is 8.58. The van der Waals surface area contributed by atoms with E-state index in [9.17, 15) is 13.0 Å². The van der Waals surface area contributed by atoms with E-state index < -0.39 is 18.1 Å². The van der Waals surface area contributed by atoms with Crippen LogP contribution in [0.15, 0.2) is 0 Å². The SMILES string of the molecule is CN(P(=O)(F)F)S(C)(C)C. The Morgan fingerprint density at radius 1 is 1.30 bits per heavy atom. The first kappa shape index (κ1) is 10.4. The summed E-state index contributed by atoms with van der Waals surface area (Å²) in [6.07, 6.45) is 5.00. The molecule has 0 saturated carbocycles. The van der Waals surface area contributed by atoms with Crippen LogP contribution >= 0.6 is 18.1 Å². The number of halogens is 2. The van der Waals surface area contributed by atoms with Crippen LogP contribution in [0.2, 0.25) is 0 Å². The normalized spacial score (nSPS) is 15.9. The zero-order valence-electron chi connectivity index (χ0n) is 6.47. The Hall–Kier alpha value is 0.400. The van der Waals surface area contributed by atoms with Gasteiger partial charge in [0.05, 0.1) is 0 Å². The van der Waals surface area contributed by atoms with Crippen molar-refractivity contribution in [1.29, 1.82) is 0 Å². The second-order valence-electron chi connectivity index (χ2n) is 2.67. The predicted octanol–water partition coefficient (Wildman–Crippen LogP) is 2.57. The first-order valence-electron chi connectivity index (χ1n) is 2.58. The molecule has 6 heteroatoms. The summed E-state index contributed by atoms with van der Waals surface area (Å²) >= 11 is 0. The Kier molecular flexibility index (Phi) is 2.91. The molecule has 0 fully saturated rings. The first-order chi connectivity index (χ1) is 4.15. The molecule has 0 aliphatic rings. The average molecular weight is 191 g/mol. The lowest BCUT2D eigenvalue weighted by molar-refractivity contribution is 0.454. The molecule has 0 N–H and O–H groups in total. The number of hydrogen-bond donors (Lipinski definition) is 0. The molecule has 0 bridgehead atoms. The summed E-state index contributed by atoms with van der Waals surface area (Å²) in [4.78, 5) is 0. The van der Waals surface area contributed by atoms with Gasteiger partial charge in [-0.3, -0.25) is 0 Å². The van der Waals surface area contributed by atoms with Crippen LogP contribution in [-0.2, 0) is 4.57 Å². The lowest BCUT2D eigenvalue weighted by Crippen LogP contribution is -2.14. The third-order valence-corrected chi connectivity index (χ3v) is 5.40. The Morgan fingerprint density at radius 2 is 1.60 bits per heavy atom. The molecule has 0 aliphatic heterocycles.